The van der Waals surface area contributed by atoms with Crippen molar-refractivity contribution < 1.29 is 4.74 Å². The number of aromatic nitrogens is 1. The maximum absolute atomic E-state index is 5.73. The molecule has 1 unspecified atom stereocenters. The predicted octanol–water partition coefficient (Wildman–Crippen LogP) is 3.70. The van der Waals surface area contributed by atoms with Gasteiger partial charge in [-0.05, 0) is 53.7 Å². The Bertz CT molecular complexity index is 528. The SMILES string of the molecule is CNC(C)c1ccc(OCc2cncc(Br)c2)cc1. The van der Waals surface area contributed by atoms with E-state index < -0.39 is 0 Å². The first-order chi connectivity index (χ1) is 9.19. The van der Waals surface area contributed by atoms with E-state index in [1.54, 1.807) is 6.20 Å². The van der Waals surface area contributed by atoms with Crippen LogP contribution < -0.4 is 10.1 Å². The van der Waals surface area contributed by atoms with Crippen molar-refractivity contribution in [2.45, 2.75) is 19.6 Å². The van der Waals surface area contributed by atoms with E-state index in [2.05, 4.69) is 45.3 Å². The zero-order chi connectivity index (χ0) is 13.7. The highest BCUT2D eigenvalue weighted by atomic mass is 79.9. The first-order valence-electron chi connectivity index (χ1n) is 6.18. The van der Waals surface area contributed by atoms with Gasteiger partial charge in [0, 0.05) is 28.5 Å². The second-order valence-corrected chi connectivity index (χ2v) is 5.30. The van der Waals surface area contributed by atoms with Crippen molar-refractivity contribution in [2.24, 2.45) is 0 Å². The lowest BCUT2D eigenvalue weighted by Gasteiger charge is -2.11. The molecule has 1 atom stereocenters. The molecule has 3 nitrogen and oxygen atoms in total. The molecule has 1 aromatic heterocycles. The number of nitrogens with one attached hydrogen (secondary N) is 1. The second-order valence-electron chi connectivity index (χ2n) is 4.38. The molecule has 19 heavy (non-hydrogen) atoms. The summed E-state index contributed by atoms with van der Waals surface area (Å²) in [4.78, 5) is 4.11. The van der Waals surface area contributed by atoms with Gasteiger partial charge in [-0.15, -0.1) is 0 Å². The first-order valence-corrected chi connectivity index (χ1v) is 6.98. The second kappa shape index (κ2) is 6.68. The molecule has 1 heterocycles. The smallest absolute Gasteiger partial charge is 0.119 e. The highest BCUT2D eigenvalue weighted by Gasteiger charge is 2.02. The third-order valence-corrected chi connectivity index (χ3v) is 3.41. The molecule has 0 radical (unpaired) electrons. The lowest BCUT2D eigenvalue weighted by Crippen LogP contribution is -2.11. The fourth-order valence-electron chi connectivity index (χ4n) is 1.72. The molecule has 0 saturated carbocycles. The highest BCUT2D eigenvalue weighted by Crippen LogP contribution is 2.18. The van der Waals surface area contributed by atoms with Crippen LogP contribution in [0, 0.1) is 0 Å². The molecule has 0 aliphatic rings. The van der Waals surface area contributed by atoms with Gasteiger partial charge in [-0.2, -0.15) is 0 Å². The average molecular weight is 321 g/mol. The van der Waals surface area contributed by atoms with Gasteiger partial charge in [0.25, 0.3) is 0 Å². The fraction of sp³-hybridized carbons (Fsp3) is 0.267. The van der Waals surface area contributed by atoms with Crippen LogP contribution in [0.1, 0.15) is 24.1 Å². The molecule has 1 N–H and O–H groups in total. The molecular weight excluding hydrogens is 304 g/mol. The summed E-state index contributed by atoms with van der Waals surface area (Å²) in [5.41, 5.74) is 2.29. The van der Waals surface area contributed by atoms with Gasteiger partial charge in [-0.3, -0.25) is 4.98 Å². The van der Waals surface area contributed by atoms with Crippen LogP contribution in [0.25, 0.3) is 0 Å². The molecule has 1 aromatic carbocycles. The Morgan fingerprint density at radius 1 is 1.26 bits per heavy atom. The minimum absolute atomic E-state index is 0.350. The third kappa shape index (κ3) is 4.04. The summed E-state index contributed by atoms with van der Waals surface area (Å²) in [5, 5.41) is 3.21. The summed E-state index contributed by atoms with van der Waals surface area (Å²) in [5.74, 6) is 0.868. The van der Waals surface area contributed by atoms with E-state index in [1.165, 1.54) is 5.56 Å². The van der Waals surface area contributed by atoms with Gasteiger partial charge in [0.15, 0.2) is 0 Å². The van der Waals surface area contributed by atoms with E-state index in [1.807, 2.05) is 31.4 Å². The third-order valence-electron chi connectivity index (χ3n) is 2.98. The molecule has 0 spiro atoms. The van der Waals surface area contributed by atoms with Crippen molar-refractivity contribution >= 4 is 15.9 Å². The monoisotopic (exact) mass is 320 g/mol. The lowest BCUT2D eigenvalue weighted by atomic mass is 10.1. The van der Waals surface area contributed by atoms with Crippen LogP contribution in [-0.2, 0) is 6.61 Å². The van der Waals surface area contributed by atoms with Crippen LogP contribution in [0.3, 0.4) is 0 Å². The van der Waals surface area contributed by atoms with Crippen molar-refractivity contribution in [1.29, 1.82) is 0 Å². The summed E-state index contributed by atoms with van der Waals surface area (Å²) in [6.45, 7) is 2.65. The van der Waals surface area contributed by atoms with E-state index in [4.69, 9.17) is 4.74 Å². The minimum Gasteiger partial charge on any atom is -0.489 e. The van der Waals surface area contributed by atoms with Gasteiger partial charge in [0.2, 0.25) is 0 Å². The molecule has 2 rings (SSSR count). The van der Waals surface area contributed by atoms with Crippen molar-refractivity contribution in [2.75, 3.05) is 7.05 Å². The molecule has 0 aliphatic heterocycles. The molecule has 0 fully saturated rings. The van der Waals surface area contributed by atoms with Crippen molar-refractivity contribution in [3.05, 3.63) is 58.3 Å². The van der Waals surface area contributed by atoms with E-state index in [0.717, 1.165) is 15.8 Å². The molecular formula is C15H17BrN2O. The van der Waals surface area contributed by atoms with Gasteiger partial charge in [-0.25, -0.2) is 0 Å². The van der Waals surface area contributed by atoms with Gasteiger partial charge >= 0.3 is 0 Å². The topological polar surface area (TPSA) is 34.1 Å². The predicted molar refractivity (Wildman–Crippen MR) is 80.2 cm³/mol. The summed E-state index contributed by atoms with van der Waals surface area (Å²) in [7, 11) is 1.95. The Morgan fingerprint density at radius 2 is 2.00 bits per heavy atom. The van der Waals surface area contributed by atoms with Crippen molar-refractivity contribution in [3.63, 3.8) is 0 Å². The Kier molecular flexibility index (Phi) is 4.93. The zero-order valence-electron chi connectivity index (χ0n) is 11.1. The summed E-state index contributed by atoms with van der Waals surface area (Å²) in [6, 6.07) is 10.5. The van der Waals surface area contributed by atoms with E-state index in [0.29, 0.717) is 12.6 Å². The molecule has 0 saturated heterocycles. The van der Waals surface area contributed by atoms with Gasteiger partial charge in [-0.1, -0.05) is 12.1 Å². The van der Waals surface area contributed by atoms with Crippen LogP contribution in [0.2, 0.25) is 0 Å². The number of pyridine rings is 1. The Balaban J connectivity index is 1.96. The van der Waals surface area contributed by atoms with Crippen LogP contribution >= 0.6 is 15.9 Å². The van der Waals surface area contributed by atoms with E-state index in [-0.39, 0.29) is 0 Å². The Hall–Kier alpha value is -1.39. The van der Waals surface area contributed by atoms with Crippen LogP contribution in [0.5, 0.6) is 5.75 Å². The summed E-state index contributed by atoms with van der Waals surface area (Å²) < 4.78 is 6.70. The minimum atomic E-state index is 0.350. The van der Waals surface area contributed by atoms with Gasteiger partial charge in [0.05, 0.1) is 0 Å². The van der Waals surface area contributed by atoms with Crippen LogP contribution in [0.15, 0.2) is 47.2 Å². The fourth-order valence-corrected chi connectivity index (χ4v) is 2.13. The maximum atomic E-state index is 5.73. The van der Waals surface area contributed by atoms with E-state index >= 15 is 0 Å². The number of rotatable bonds is 5. The molecule has 0 aliphatic carbocycles. The maximum Gasteiger partial charge on any atom is 0.119 e. The number of hydrogen-bond acceptors (Lipinski definition) is 3. The number of benzene rings is 1. The number of hydrogen-bond donors (Lipinski definition) is 1. The summed E-state index contributed by atoms with van der Waals surface area (Å²) >= 11 is 3.40. The summed E-state index contributed by atoms with van der Waals surface area (Å²) in [6.07, 6.45) is 3.57. The average Bonchev–Trinajstić information content (AvgIpc) is 2.45. The zero-order valence-corrected chi connectivity index (χ0v) is 12.6. The number of halogens is 1. The quantitative estimate of drug-likeness (QED) is 0.912. The lowest BCUT2D eigenvalue weighted by molar-refractivity contribution is 0.305. The van der Waals surface area contributed by atoms with Crippen molar-refractivity contribution in [3.8, 4) is 5.75 Å². The van der Waals surface area contributed by atoms with Crippen molar-refractivity contribution in [1.82, 2.24) is 10.3 Å². The number of nitrogens with zero attached hydrogens (tertiary/aromatic N) is 1. The normalized spacial score (nSPS) is 12.2. The molecule has 4 heteroatoms. The molecule has 100 valence electrons. The van der Waals surface area contributed by atoms with Crippen LogP contribution in [-0.4, -0.2) is 12.0 Å². The molecule has 0 amide bonds. The largest absolute Gasteiger partial charge is 0.489 e. The van der Waals surface area contributed by atoms with Gasteiger partial charge < -0.3 is 10.1 Å². The van der Waals surface area contributed by atoms with E-state index in [9.17, 15) is 0 Å². The van der Waals surface area contributed by atoms with Crippen LogP contribution in [0.4, 0.5) is 0 Å². The Morgan fingerprint density at radius 3 is 2.63 bits per heavy atom. The molecule has 2 aromatic rings. The highest BCUT2D eigenvalue weighted by molar-refractivity contribution is 9.10. The number of ether oxygens (including phenoxy) is 1. The van der Waals surface area contributed by atoms with Gasteiger partial charge in [0.1, 0.15) is 12.4 Å². The molecule has 0 bridgehead atoms. The first kappa shape index (κ1) is 14.0. The standard InChI is InChI=1S/C15H17BrN2O/c1-11(17-2)13-3-5-15(6-4-13)19-10-12-7-14(16)9-18-8-12/h3-9,11,17H,10H2,1-2H3. The Labute approximate surface area is 122 Å².